The molecule has 0 saturated carbocycles. The van der Waals surface area contributed by atoms with E-state index in [9.17, 15) is 0 Å². The van der Waals surface area contributed by atoms with Gasteiger partial charge in [0, 0.05) is 8.41 Å². The van der Waals surface area contributed by atoms with E-state index in [0.29, 0.717) is 0 Å². The van der Waals surface area contributed by atoms with Gasteiger partial charge in [-0.3, -0.25) is 10.0 Å². The minimum atomic E-state index is 0. The van der Waals surface area contributed by atoms with Crippen LogP contribution in [0.2, 0.25) is 0 Å². The first-order valence-electron chi connectivity index (χ1n) is 0.267. The molecule has 0 atom stereocenters. The van der Waals surface area contributed by atoms with Crippen molar-refractivity contribution in [2.24, 2.45) is 0 Å². The van der Waals surface area contributed by atoms with Crippen LogP contribution in [-0.2, 0) is 0 Å². The van der Waals surface area contributed by atoms with Crippen LogP contribution in [0.15, 0.2) is 0 Å². The molecule has 0 spiro atoms. The summed E-state index contributed by atoms with van der Waals surface area (Å²) in [6.45, 7) is 0. The second-order valence-electron chi connectivity index (χ2n) is 0. The Kier molecular flexibility index (Phi) is 87.4. The monoisotopic (exact) mass is 98.0 g/mol. The van der Waals surface area contributed by atoms with Crippen molar-refractivity contribution in [1.29, 1.82) is 0 Å². The number of hydrogen-bond acceptors (Lipinski definition) is 0. The van der Waals surface area contributed by atoms with Gasteiger partial charge in [-0.1, -0.05) is 0 Å². The summed E-state index contributed by atoms with van der Waals surface area (Å²) in [7, 11) is 4.67. The van der Waals surface area contributed by atoms with Gasteiger partial charge in [0.15, 0.2) is 0 Å². The predicted octanol–water partition coefficient (Wildman–Crippen LogP) is -3.22. The average molecular weight is 98.3 g/mol. The van der Waals surface area contributed by atoms with E-state index in [0.717, 1.165) is 0 Å². The van der Waals surface area contributed by atoms with Crippen LogP contribution in [0.25, 0.3) is 0 Å². The quantitative estimate of drug-likeness (QED) is 0.280. The third kappa shape index (κ3) is 9.10. The van der Waals surface area contributed by atoms with E-state index in [4.69, 9.17) is 0 Å². The Bertz CT molecular complexity index is 11.6. The van der Waals surface area contributed by atoms with Crippen LogP contribution in [0.1, 0.15) is 1.43 Å². The van der Waals surface area contributed by atoms with Gasteiger partial charge < -0.3 is 1.43 Å². The molecule has 0 fully saturated rings. The number of halogens is 1. The van der Waals surface area contributed by atoms with Gasteiger partial charge in [-0.05, 0) is 0 Å². The summed E-state index contributed by atoms with van der Waals surface area (Å²) < 4.78 is 0. The second-order valence-corrected chi connectivity index (χ2v) is 0. The molecule has 0 aromatic rings. The first-order valence-corrected chi connectivity index (χ1v) is 2.41. The molecule has 0 amide bonds. The first-order chi connectivity index (χ1) is 1.00. The van der Waals surface area contributed by atoms with E-state index in [1.54, 1.807) is 0 Å². The van der Waals surface area contributed by atoms with Crippen LogP contribution in [-0.4, -0.2) is 23.8 Å². The smallest absolute Gasteiger partial charge is 1.00 e. The van der Waals surface area contributed by atoms with Crippen LogP contribution >= 0.6 is 10.0 Å². The van der Waals surface area contributed by atoms with Gasteiger partial charge in [0.2, 0.25) is 0 Å². The molecule has 0 aliphatic carbocycles. The van der Waals surface area contributed by atoms with Gasteiger partial charge in [0.25, 0.3) is 0 Å². The molecule has 0 saturated heterocycles. The van der Waals surface area contributed by atoms with Gasteiger partial charge in [0.1, 0.15) is 0 Å². The minimum Gasteiger partial charge on any atom is -1.00 e. The molecule has 0 rings (SSSR count). The standard InChI is InChI=1S/Al.B.ClH.Na.2H/h;;1H;;;/q+1;;;+1;;-1/p-1. The Hall–Kier alpha value is 1.89. The van der Waals surface area contributed by atoms with Crippen LogP contribution in [0.3, 0.4) is 0 Å². The molecule has 0 nitrogen and oxygen atoms in total. The van der Waals surface area contributed by atoms with Crippen molar-refractivity contribution in [3.8, 4) is 0 Å². The molecule has 0 heterocycles. The summed E-state index contributed by atoms with van der Waals surface area (Å²) >= 11 is 1.33. The zero-order chi connectivity index (χ0) is 2.00. The number of rotatable bonds is 0. The fraction of sp³-hybridized carbons (Fsp3) is 0. The van der Waals surface area contributed by atoms with Crippen molar-refractivity contribution in [2.75, 3.05) is 0 Å². The van der Waals surface area contributed by atoms with Crippen LogP contribution in [0.5, 0.6) is 0 Å². The van der Waals surface area contributed by atoms with Crippen LogP contribution < -0.4 is 29.6 Å². The molecule has 0 aliphatic heterocycles. The second kappa shape index (κ2) is 20.7. The molecule has 16 valence electrons. The van der Waals surface area contributed by atoms with Crippen LogP contribution in [0, 0.1) is 0 Å². The molecule has 0 aromatic carbocycles. The normalized spacial score (nSPS) is 1.25. The summed E-state index contributed by atoms with van der Waals surface area (Å²) in [5, 5.41) is 0. The third-order valence-corrected chi connectivity index (χ3v) is 0. The Balaban J connectivity index is -0.00000000167. The van der Waals surface area contributed by atoms with Crippen molar-refractivity contribution in [3.63, 3.8) is 0 Å². The van der Waals surface area contributed by atoms with Gasteiger partial charge in [-0.2, -0.15) is 0 Å². The molecule has 0 bridgehead atoms. The maximum Gasteiger partial charge on any atom is 1.00 e. The van der Waals surface area contributed by atoms with Crippen molar-refractivity contribution in [3.05, 3.63) is 0 Å². The van der Waals surface area contributed by atoms with Crippen molar-refractivity contribution < 1.29 is 31.0 Å². The SMILES string of the molecule is [AlH][Cl].[B].[H-].[Na+]. The molecular weight excluding hydrogens is 96.2 g/mol. The van der Waals surface area contributed by atoms with Crippen LogP contribution in [0.4, 0.5) is 0 Å². The van der Waals surface area contributed by atoms with Gasteiger partial charge in [-0.15, -0.1) is 0 Å². The van der Waals surface area contributed by atoms with Gasteiger partial charge >= 0.3 is 44.9 Å². The molecule has 4 radical (unpaired) electrons. The molecule has 0 aliphatic rings. The Morgan fingerprint density at radius 1 is 1.50 bits per heavy atom. The van der Waals surface area contributed by atoms with E-state index in [-0.39, 0.29) is 39.4 Å². The van der Waals surface area contributed by atoms with E-state index < -0.39 is 0 Å². The Labute approximate surface area is 64.3 Å². The Morgan fingerprint density at radius 3 is 1.50 bits per heavy atom. The number of hydrogen-bond donors (Lipinski definition) is 0. The summed E-state index contributed by atoms with van der Waals surface area (Å²) in [6.07, 6.45) is 0. The zero-order valence-electron chi connectivity index (χ0n) is 3.66. The first kappa shape index (κ1) is 16.9. The van der Waals surface area contributed by atoms with Crippen molar-refractivity contribution >= 4 is 33.8 Å². The molecule has 0 aromatic heterocycles. The van der Waals surface area contributed by atoms with E-state index in [2.05, 4.69) is 10.0 Å². The fourth-order valence-electron chi connectivity index (χ4n) is 0. The molecule has 0 unspecified atom stereocenters. The summed E-state index contributed by atoms with van der Waals surface area (Å²) in [5.74, 6) is 0. The molecule has 0 N–H and O–H groups in total. The minimum absolute atomic E-state index is 0. The maximum atomic E-state index is 4.67. The third-order valence-electron chi connectivity index (χ3n) is 0. The summed E-state index contributed by atoms with van der Waals surface area (Å²) in [6, 6.07) is 0. The zero-order valence-corrected chi connectivity index (χ0v) is 6.83. The van der Waals surface area contributed by atoms with E-state index in [1.165, 1.54) is 15.4 Å². The largest absolute Gasteiger partial charge is 1.00 e. The summed E-state index contributed by atoms with van der Waals surface area (Å²) in [5.41, 5.74) is 0. The van der Waals surface area contributed by atoms with Crippen molar-refractivity contribution in [1.82, 2.24) is 0 Å². The maximum absolute atomic E-state index is 4.67. The van der Waals surface area contributed by atoms with E-state index >= 15 is 0 Å². The molecule has 4 heavy (non-hydrogen) atoms. The van der Waals surface area contributed by atoms with Gasteiger partial charge in [-0.25, -0.2) is 0 Å². The van der Waals surface area contributed by atoms with E-state index in [1.807, 2.05) is 0 Å². The van der Waals surface area contributed by atoms with Crippen molar-refractivity contribution in [2.45, 2.75) is 0 Å². The van der Waals surface area contributed by atoms with Gasteiger partial charge in [0.05, 0.1) is 0 Å². The predicted molar refractivity (Wildman–Crippen MR) is 19.9 cm³/mol. The molecule has 4 heteroatoms. The fourth-order valence-corrected chi connectivity index (χ4v) is 0. The average Bonchev–Trinajstić information content (AvgIpc) is 1.00. The molecular formula is H2AlBClNa. The Morgan fingerprint density at radius 2 is 1.50 bits per heavy atom. The topological polar surface area (TPSA) is 0 Å². The summed E-state index contributed by atoms with van der Waals surface area (Å²) in [4.78, 5) is 0.